The molecule has 2 atom stereocenters. The Morgan fingerprint density at radius 3 is 2.57 bits per heavy atom. The molecule has 0 saturated carbocycles. The number of aliphatic hydroxyl groups excluding tert-OH is 1. The van der Waals surface area contributed by atoms with E-state index in [9.17, 15) is 19.5 Å². The van der Waals surface area contributed by atoms with Gasteiger partial charge in [-0.1, -0.05) is 25.1 Å². The Kier molecular flexibility index (Phi) is 5.84. The van der Waals surface area contributed by atoms with Crippen molar-refractivity contribution in [1.82, 2.24) is 4.90 Å². The number of anilines is 1. The van der Waals surface area contributed by atoms with Gasteiger partial charge in [0.1, 0.15) is 11.5 Å². The van der Waals surface area contributed by atoms with Gasteiger partial charge in [-0.05, 0) is 49.6 Å². The molecule has 0 bridgehead atoms. The van der Waals surface area contributed by atoms with Crippen LogP contribution < -0.4 is 9.64 Å². The molecule has 3 heterocycles. The molecule has 0 aliphatic carbocycles. The number of likely N-dealkylation sites (tertiary alicyclic amines) is 1. The van der Waals surface area contributed by atoms with Gasteiger partial charge in [-0.15, -0.1) is 0 Å². The van der Waals surface area contributed by atoms with Gasteiger partial charge in [-0.25, -0.2) is 0 Å². The molecule has 2 amide bonds. The number of carbonyl (C=O) groups excluding carboxylic acids is 3. The molecule has 0 aromatic heterocycles. The van der Waals surface area contributed by atoms with Crippen LogP contribution in [0.1, 0.15) is 37.3 Å². The number of hydrogen-bond acceptors (Lipinski definition) is 6. The summed E-state index contributed by atoms with van der Waals surface area (Å²) in [7, 11) is 1.61. The average molecular weight is 477 g/mol. The number of Topliss-reactive ketones (excluding diaryl/α,β-unsaturated/α-hetero) is 1. The summed E-state index contributed by atoms with van der Waals surface area (Å²) in [5, 5.41) is 11.4. The lowest BCUT2D eigenvalue weighted by Crippen LogP contribution is -2.53. The third-order valence-electron chi connectivity index (χ3n) is 6.95. The van der Waals surface area contributed by atoms with Crippen molar-refractivity contribution >= 4 is 29.0 Å². The molecule has 0 radical (unpaired) electrons. The van der Waals surface area contributed by atoms with Crippen LogP contribution in [-0.2, 0) is 24.7 Å². The van der Waals surface area contributed by atoms with Crippen molar-refractivity contribution in [3.8, 4) is 5.75 Å². The highest BCUT2D eigenvalue weighted by atomic mass is 16.5. The Hall–Kier alpha value is -3.65. The van der Waals surface area contributed by atoms with Crippen LogP contribution in [0.5, 0.6) is 5.75 Å². The number of benzene rings is 2. The van der Waals surface area contributed by atoms with E-state index in [1.807, 2.05) is 6.92 Å². The van der Waals surface area contributed by atoms with Crippen LogP contribution in [0.3, 0.4) is 0 Å². The molecular weight excluding hydrogens is 448 g/mol. The van der Waals surface area contributed by atoms with Crippen LogP contribution in [0.15, 0.2) is 54.1 Å². The zero-order chi connectivity index (χ0) is 24.7. The van der Waals surface area contributed by atoms with E-state index < -0.39 is 28.9 Å². The van der Waals surface area contributed by atoms with Crippen LogP contribution in [0, 0.1) is 0 Å². The SMILES string of the molecule is CCCOc1ccc(C(O)=C2C(=O)C(=O)N(CC3CCCO3)C23C(=O)N(C)c2ccccc23)cc1. The number of rotatable bonds is 6. The fourth-order valence-corrected chi connectivity index (χ4v) is 5.29. The third-order valence-corrected chi connectivity index (χ3v) is 6.95. The Morgan fingerprint density at radius 1 is 1.14 bits per heavy atom. The number of amides is 2. The van der Waals surface area contributed by atoms with Gasteiger partial charge in [0.05, 0.1) is 18.3 Å². The van der Waals surface area contributed by atoms with Crippen molar-refractivity contribution in [2.45, 2.75) is 37.8 Å². The lowest BCUT2D eigenvalue weighted by molar-refractivity contribution is -0.145. The first-order valence-corrected chi connectivity index (χ1v) is 11.9. The van der Waals surface area contributed by atoms with E-state index in [0.29, 0.717) is 35.8 Å². The third kappa shape index (κ3) is 3.43. The first-order valence-electron chi connectivity index (χ1n) is 11.9. The average Bonchev–Trinajstić information content (AvgIpc) is 3.53. The van der Waals surface area contributed by atoms with Crippen molar-refractivity contribution < 1.29 is 29.0 Å². The van der Waals surface area contributed by atoms with Gasteiger partial charge >= 0.3 is 0 Å². The maximum atomic E-state index is 14.0. The fourth-order valence-electron chi connectivity index (χ4n) is 5.29. The van der Waals surface area contributed by atoms with Crippen LogP contribution >= 0.6 is 0 Å². The molecule has 2 unspecified atom stereocenters. The highest BCUT2D eigenvalue weighted by molar-refractivity contribution is 6.50. The summed E-state index contributed by atoms with van der Waals surface area (Å²) in [5.41, 5.74) is -0.569. The summed E-state index contributed by atoms with van der Waals surface area (Å²) < 4.78 is 11.4. The monoisotopic (exact) mass is 476 g/mol. The molecule has 1 spiro atoms. The standard InChI is InChI=1S/C27H28N2O6/c1-3-14-34-18-12-10-17(11-13-18)23(30)22-24(31)25(32)29(16-19-7-6-15-35-19)27(22)20-8-4-5-9-21(20)28(2)26(27)33/h4-5,8-13,19,30H,3,6-7,14-16H2,1-2H3. The van der Waals surface area contributed by atoms with Crippen molar-refractivity contribution in [3.05, 3.63) is 65.2 Å². The molecule has 2 saturated heterocycles. The number of carbonyl (C=O) groups is 3. The van der Waals surface area contributed by atoms with Gasteiger partial charge in [0.15, 0.2) is 5.54 Å². The predicted octanol–water partition coefficient (Wildman–Crippen LogP) is 3.21. The van der Waals surface area contributed by atoms with Crippen LogP contribution in [-0.4, -0.2) is 60.5 Å². The van der Waals surface area contributed by atoms with Gasteiger partial charge in [0.2, 0.25) is 0 Å². The van der Waals surface area contributed by atoms with Crippen molar-refractivity contribution in [2.75, 3.05) is 31.7 Å². The van der Waals surface area contributed by atoms with Crippen molar-refractivity contribution in [2.24, 2.45) is 0 Å². The molecule has 3 aliphatic rings. The highest BCUT2D eigenvalue weighted by Crippen LogP contribution is 2.53. The largest absolute Gasteiger partial charge is 0.507 e. The number of hydrogen-bond donors (Lipinski definition) is 1. The highest BCUT2D eigenvalue weighted by Gasteiger charge is 2.66. The van der Waals surface area contributed by atoms with E-state index in [2.05, 4.69) is 0 Å². The first-order chi connectivity index (χ1) is 16.9. The van der Waals surface area contributed by atoms with Gasteiger partial charge in [0.25, 0.3) is 17.6 Å². The Labute approximate surface area is 203 Å². The summed E-state index contributed by atoms with van der Waals surface area (Å²) in [6.07, 6.45) is 2.14. The molecular formula is C27H28N2O6. The predicted molar refractivity (Wildman–Crippen MR) is 129 cm³/mol. The molecule has 2 fully saturated rings. The van der Waals surface area contributed by atoms with E-state index in [1.165, 1.54) is 9.80 Å². The number of likely N-dealkylation sites (N-methyl/N-ethyl adjacent to an activating group) is 1. The number of aliphatic hydroxyl groups is 1. The molecule has 2 aromatic carbocycles. The zero-order valence-corrected chi connectivity index (χ0v) is 19.8. The number of fused-ring (bicyclic) bond motifs is 2. The molecule has 1 N–H and O–H groups in total. The number of ketones is 1. The minimum atomic E-state index is -1.76. The minimum Gasteiger partial charge on any atom is -0.507 e. The van der Waals surface area contributed by atoms with E-state index in [-0.39, 0.29) is 18.2 Å². The Morgan fingerprint density at radius 2 is 1.89 bits per heavy atom. The summed E-state index contributed by atoms with van der Waals surface area (Å²) >= 11 is 0. The second-order valence-corrected chi connectivity index (χ2v) is 9.07. The summed E-state index contributed by atoms with van der Waals surface area (Å²) in [6, 6.07) is 13.7. The molecule has 8 heteroatoms. The fraction of sp³-hybridized carbons (Fsp3) is 0.370. The van der Waals surface area contributed by atoms with E-state index in [4.69, 9.17) is 9.47 Å². The topological polar surface area (TPSA) is 96.4 Å². The van der Waals surface area contributed by atoms with E-state index in [0.717, 1.165) is 19.3 Å². The maximum absolute atomic E-state index is 14.0. The van der Waals surface area contributed by atoms with Gasteiger partial charge in [-0.2, -0.15) is 0 Å². The Balaban J connectivity index is 1.69. The molecule has 182 valence electrons. The van der Waals surface area contributed by atoms with E-state index >= 15 is 0 Å². The Bertz CT molecular complexity index is 1210. The van der Waals surface area contributed by atoms with Crippen molar-refractivity contribution in [1.29, 1.82) is 0 Å². The quantitative estimate of drug-likeness (QED) is 0.391. The van der Waals surface area contributed by atoms with Gasteiger partial charge in [0, 0.05) is 37.0 Å². The second kappa shape index (κ2) is 8.85. The molecule has 35 heavy (non-hydrogen) atoms. The molecule has 2 aromatic rings. The van der Waals surface area contributed by atoms with Crippen LogP contribution in [0.4, 0.5) is 5.69 Å². The lowest BCUT2D eigenvalue weighted by atomic mass is 9.81. The second-order valence-electron chi connectivity index (χ2n) is 9.07. The van der Waals surface area contributed by atoms with E-state index in [1.54, 1.807) is 55.6 Å². The summed E-state index contributed by atoms with van der Waals surface area (Å²) in [6.45, 7) is 3.21. The molecule has 3 aliphatic heterocycles. The normalized spacial score (nSPS) is 25.1. The first kappa shape index (κ1) is 23.1. The number of nitrogens with zero attached hydrogens (tertiary/aromatic N) is 2. The number of ether oxygens (including phenoxy) is 2. The van der Waals surface area contributed by atoms with Gasteiger partial charge < -0.3 is 24.4 Å². The van der Waals surface area contributed by atoms with Crippen molar-refractivity contribution in [3.63, 3.8) is 0 Å². The molecule has 5 rings (SSSR count). The lowest BCUT2D eigenvalue weighted by Gasteiger charge is -2.35. The zero-order valence-electron chi connectivity index (χ0n) is 19.8. The van der Waals surface area contributed by atoms with Crippen LogP contribution in [0.25, 0.3) is 5.76 Å². The minimum absolute atomic E-state index is 0.0824. The maximum Gasteiger partial charge on any atom is 0.296 e. The smallest absolute Gasteiger partial charge is 0.296 e. The summed E-state index contributed by atoms with van der Waals surface area (Å²) in [5.74, 6) is -1.92. The van der Waals surface area contributed by atoms with Gasteiger partial charge in [-0.3, -0.25) is 14.4 Å². The van der Waals surface area contributed by atoms with Crippen LogP contribution in [0.2, 0.25) is 0 Å². The summed E-state index contributed by atoms with van der Waals surface area (Å²) in [4.78, 5) is 43.6. The molecule has 8 nitrogen and oxygen atoms in total. The number of para-hydroxylation sites is 1.